The Morgan fingerprint density at radius 2 is 2.00 bits per heavy atom. The summed E-state index contributed by atoms with van der Waals surface area (Å²) in [6.07, 6.45) is 0.969. The standard InChI is InChI=1S/C12H21N3S/c1-11(2)9(12(11,3)4)14-6-5-8-7-16-10(13)15-8/h7,9,14H,5-6H2,1-4H3,(H2,13,15). The molecule has 0 amide bonds. The summed E-state index contributed by atoms with van der Waals surface area (Å²) in [6, 6.07) is 0.621. The molecule has 1 saturated carbocycles. The van der Waals surface area contributed by atoms with Gasteiger partial charge in [0, 0.05) is 24.4 Å². The van der Waals surface area contributed by atoms with E-state index in [4.69, 9.17) is 5.73 Å². The second-order valence-electron chi connectivity index (χ2n) is 5.76. The van der Waals surface area contributed by atoms with Crippen LogP contribution < -0.4 is 11.1 Å². The first-order valence-electron chi connectivity index (χ1n) is 5.79. The average molecular weight is 239 g/mol. The Labute approximate surface area is 101 Å². The number of nitrogens with two attached hydrogens (primary N) is 1. The van der Waals surface area contributed by atoms with Crippen LogP contribution in [-0.4, -0.2) is 17.6 Å². The average Bonchev–Trinajstić information content (AvgIpc) is 2.53. The Morgan fingerprint density at radius 3 is 2.44 bits per heavy atom. The molecule has 0 unspecified atom stereocenters. The molecule has 1 heterocycles. The molecule has 0 saturated heterocycles. The van der Waals surface area contributed by atoms with Gasteiger partial charge in [0.05, 0.1) is 5.69 Å². The van der Waals surface area contributed by atoms with E-state index in [1.807, 2.05) is 5.38 Å². The van der Waals surface area contributed by atoms with Crippen LogP contribution in [0.25, 0.3) is 0 Å². The molecule has 3 N–H and O–H groups in total. The van der Waals surface area contributed by atoms with Gasteiger partial charge in [0.2, 0.25) is 0 Å². The van der Waals surface area contributed by atoms with Gasteiger partial charge in [-0.1, -0.05) is 27.7 Å². The zero-order chi connectivity index (χ0) is 12.0. The minimum absolute atomic E-state index is 0.411. The quantitative estimate of drug-likeness (QED) is 0.847. The SMILES string of the molecule is CC1(C)C(NCCc2csc(N)n2)C1(C)C. The molecule has 1 fully saturated rings. The first-order valence-corrected chi connectivity index (χ1v) is 6.67. The summed E-state index contributed by atoms with van der Waals surface area (Å²) in [5.74, 6) is 0. The maximum atomic E-state index is 5.60. The highest BCUT2D eigenvalue weighted by Crippen LogP contribution is 2.62. The molecule has 1 aromatic rings. The van der Waals surface area contributed by atoms with E-state index in [-0.39, 0.29) is 0 Å². The van der Waals surface area contributed by atoms with E-state index in [1.165, 1.54) is 11.3 Å². The number of hydrogen-bond donors (Lipinski definition) is 2. The summed E-state index contributed by atoms with van der Waals surface area (Å²) in [4.78, 5) is 4.26. The Morgan fingerprint density at radius 1 is 1.38 bits per heavy atom. The van der Waals surface area contributed by atoms with Gasteiger partial charge in [0.15, 0.2) is 5.13 Å². The summed E-state index contributed by atoms with van der Waals surface area (Å²) in [7, 11) is 0. The molecule has 90 valence electrons. The first-order chi connectivity index (χ1) is 7.35. The number of nitrogens with one attached hydrogen (secondary N) is 1. The van der Waals surface area contributed by atoms with Gasteiger partial charge in [-0.05, 0) is 10.8 Å². The first kappa shape index (κ1) is 11.9. The van der Waals surface area contributed by atoms with Gasteiger partial charge in [0.25, 0.3) is 0 Å². The summed E-state index contributed by atoms with van der Waals surface area (Å²) in [5.41, 5.74) is 7.52. The van der Waals surface area contributed by atoms with Crippen LogP contribution in [-0.2, 0) is 6.42 Å². The zero-order valence-electron chi connectivity index (χ0n) is 10.5. The van der Waals surface area contributed by atoms with Gasteiger partial charge >= 0.3 is 0 Å². The molecule has 16 heavy (non-hydrogen) atoms. The lowest BCUT2D eigenvalue weighted by Crippen LogP contribution is -2.24. The van der Waals surface area contributed by atoms with Crippen molar-refractivity contribution >= 4 is 16.5 Å². The van der Waals surface area contributed by atoms with Crippen LogP contribution >= 0.6 is 11.3 Å². The molecule has 1 aliphatic carbocycles. The zero-order valence-corrected chi connectivity index (χ0v) is 11.3. The molecule has 3 nitrogen and oxygen atoms in total. The Balaban J connectivity index is 1.78. The molecule has 4 heteroatoms. The molecular formula is C12H21N3S. The normalized spacial score (nSPS) is 22.2. The smallest absolute Gasteiger partial charge is 0.180 e. The molecule has 1 aromatic heterocycles. The molecule has 0 aliphatic heterocycles. The van der Waals surface area contributed by atoms with Crippen molar-refractivity contribution in [3.8, 4) is 0 Å². The van der Waals surface area contributed by atoms with Crippen molar-refractivity contribution in [2.45, 2.75) is 40.2 Å². The van der Waals surface area contributed by atoms with Gasteiger partial charge in [0.1, 0.15) is 0 Å². The fourth-order valence-corrected chi connectivity index (χ4v) is 3.09. The van der Waals surface area contributed by atoms with E-state index in [1.54, 1.807) is 0 Å². The van der Waals surface area contributed by atoms with Crippen LogP contribution in [0.4, 0.5) is 5.13 Å². The van der Waals surface area contributed by atoms with Gasteiger partial charge in [-0.3, -0.25) is 0 Å². The number of hydrogen-bond acceptors (Lipinski definition) is 4. The predicted molar refractivity (Wildman–Crippen MR) is 69.6 cm³/mol. The molecule has 0 radical (unpaired) electrons. The fraction of sp³-hybridized carbons (Fsp3) is 0.750. The van der Waals surface area contributed by atoms with Crippen molar-refractivity contribution in [1.29, 1.82) is 0 Å². The molecule has 2 rings (SSSR count). The number of nitrogens with zero attached hydrogens (tertiary/aromatic N) is 1. The van der Waals surface area contributed by atoms with Crippen LogP contribution in [0, 0.1) is 10.8 Å². The third-order valence-corrected chi connectivity index (χ3v) is 5.04. The number of aromatic nitrogens is 1. The molecule has 0 atom stereocenters. The molecular weight excluding hydrogens is 218 g/mol. The maximum Gasteiger partial charge on any atom is 0.180 e. The molecule has 0 aromatic carbocycles. The third kappa shape index (κ3) is 1.84. The molecule has 0 bridgehead atoms. The highest BCUT2D eigenvalue weighted by molar-refractivity contribution is 7.13. The summed E-state index contributed by atoms with van der Waals surface area (Å²) < 4.78 is 0. The Kier molecular flexibility index (Phi) is 2.75. The van der Waals surface area contributed by atoms with E-state index in [2.05, 4.69) is 38.0 Å². The number of thiazole rings is 1. The van der Waals surface area contributed by atoms with E-state index >= 15 is 0 Å². The summed E-state index contributed by atoms with van der Waals surface area (Å²) in [5, 5.41) is 6.33. The van der Waals surface area contributed by atoms with Crippen LogP contribution in [0.15, 0.2) is 5.38 Å². The van der Waals surface area contributed by atoms with E-state index < -0.39 is 0 Å². The van der Waals surface area contributed by atoms with E-state index in [0.29, 0.717) is 22.0 Å². The van der Waals surface area contributed by atoms with Crippen molar-refractivity contribution in [3.05, 3.63) is 11.1 Å². The highest BCUT2D eigenvalue weighted by Gasteiger charge is 2.64. The number of rotatable bonds is 4. The monoisotopic (exact) mass is 239 g/mol. The number of nitrogen functional groups attached to an aromatic ring is 1. The molecule has 1 aliphatic rings. The lowest BCUT2D eigenvalue weighted by atomic mass is 10.0. The van der Waals surface area contributed by atoms with Crippen LogP contribution in [0.5, 0.6) is 0 Å². The van der Waals surface area contributed by atoms with Crippen molar-refractivity contribution in [2.75, 3.05) is 12.3 Å². The largest absolute Gasteiger partial charge is 0.375 e. The van der Waals surface area contributed by atoms with E-state index in [0.717, 1.165) is 18.7 Å². The van der Waals surface area contributed by atoms with Crippen molar-refractivity contribution in [1.82, 2.24) is 10.3 Å². The lowest BCUT2D eigenvalue weighted by Gasteiger charge is -2.04. The van der Waals surface area contributed by atoms with E-state index in [9.17, 15) is 0 Å². The summed E-state index contributed by atoms with van der Waals surface area (Å²) in [6.45, 7) is 10.3. The van der Waals surface area contributed by atoms with Crippen molar-refractivity contribution in [3.63, 3.8) is 0 Å². The summed E-state index contributed by atoms with van der Waals surface area (Å²) >= 11 is 1.52. The lowest BCUT2D eigenvalue weighted by molar-refractivity contribution is 0.457. The van der Waals surface area contributed by atoms with Gasteiger partial charge in [-0.2, -0.15) is 0 Å². The topological polar surface area (TPSA) is 50.9 Å². The van der Waals surface area contributed by atoms with Gasteiger partial charge in [-0.25, -0.2) is 4.98 Å². The Bertz CT molecular complexity index is 367. The van der Waals surface area contributed by atoms with Crippen LogP contribution in [0.3, 0.4) is 0 Å². The second kappa shape index (κ2) is 3.70. The minimum Gasteiger partial charge on any atom is -0.375 e. The van der Waals surface area contributed by atoms with Crippen molar-refractivity contribution in [2.24, 2.45) is 10.8 Å². The number of anilines is 1. The minimum atomic E-state index is 0.411. The maximum absolute atomic E-state index is 5.60. The fourth-order valence-electron chi connectivity index (χ4n) is 2.49. The van der Waals surface area contributed by atoms with Crippen LogP contribution in [0.2, 0.25) is 0 Å². The predicted octanol–water partition coefficient (Wildman–Crippen LogP) is 2.29. The second-order valence-corrected chi connectivity index (χ2v) is 6.65. The van der Waals surface area contributed by atoms with Crippen molar-refractivity contribution < 1.29 is 0 Å². The highest BCUT2D eigenvalue weighted by atomic mass is 32.1. The third-order valence-electron chi connectivity index (χ3n) is 4.32. The van der Waals surface area contributed by atoms with Crippen LogP contribution in [0.1, 0.15) is 33.4 Å². The Hall–Kier alpha value is -0.610. The van der Waals surface area contributed by atoms with Gasteiger partial charge in [-0.15, -0.1) is 11.3 Å². The van der Waals surface area contributed by atoms with Gasteiger partial charge < -0.3 is 11.1 Å². The molecule has 0 spiro atoms.